The molecule has 1 N–H and O–H groups in total. The molecule has 2 amide bonds. The summed E-state index contributed by atoms with van der Waals surface area (Å²) in [5.74, 6) is -0.292. The average Bonchev–Trinajstić information content (AvgIpc) is 2.43. The summed E-state index contributed by atoms with van der Waals surface area (Å²) in [7, 11) is 0. The third-order valence-corrected chi connectivity index (χ3v) is 3.91. The molecule has 0 spiro atoms. The van der Waals surface area contributed by atoms with Crippen molar-refractivity contribution in [2.75, 3.05) is 19.8 Å². The number of hydrogen-bond donors (Lipinski definition) is 1. The van der Waals surface area contributed by atoms with Gasteiger partial charge in [0.05, 0.1) is 13.2 Å². The fraction of sp³-hybridized carbons (Fsp3) is 0.462. The van der Waals surface area contributed by atoms with Crippen LogP contribution in [0.4, 0.5) is 13.6 Å². The summed E-state index contributed by atoms with van der Waals surface area (Å²) in [4.78, 5) is 13.4. The molecule has 3 nitrogen and oxygen atoms in total. The number of amides is 2. The standard InChI is InChI=1S/C13H15BrF2N2O/c14-11-2-3-12(16)10-8-18(7-4-9(10)11)13(19)17-6-1-5-15/h2-3H,1,4-8H2,(H,17,19). The van der Waals surface area contributed by atoms with E-state index >= 15 is 0 Å². The lowest BCUT2D eigenvalue weighted by Crippen LogP contribution is -2.43. The third-order valence-electron chi connectivity index (χ3n) is 3.17. The number of nitrogens with one attached hydrogen (secondary N) is 1. The van der Waals surface area contributed by atoms with Gasteiger partial charge in [-0.05, 0) is 30.5 Å². The summed E-state index contributed by atoms with van der Waals surface area (Å²) in [5.41, 5.74) is 1.48. The van der Waals surface area contributed by atoms with E-state index in [2.05, 4.69) is 21.2 Å². The Kier molecular flexibility index (Phi) is 4.74. The Morgan fingerprint density at radius 3 is 2.95 bits per heavy atom. The van der Waals surface area contributed by atoms with Gasteiger partial charge in [0.25, 0.3) is 0 Å². The van der Waals surface area contributed by atoms with Crippen molar-refractivity contribution in [1.29, 1.82) is 0 Å². The summed E-state index contributed by atoms with van der Waals surface area (Å²) in [6.07, 6.45) is 0.917. The summed E-state index contributed by atoms with van der Waals surface area (Å²) < 4.78 is 26.6. The van der Waals surface area contributed by atoms with Crippen LogP contribution in [0.1, 0.15) is 17.5 Å². The van der Waals surface area contributed by atoms with Crippen LogP contribution in [0.5, 0.6) is 0 Å². The van der Waals surface area contributed by atoms with Gasteiger partial charge >= 0.3 is 6.03 Å². The van der Waals surface area contributed by atoms with Gasteiger partial charge in [0.15, 0.2) is 0 Å². The van der Waals surface area contributed by atoms with Crippen LogP contribution >= 0.6 is 15.9 Å². The lowest BCUT2D eigenvalue weighted by Gasteiger charge is -2.29. The van der Waals surface area contributed by atoms with Gasteiger partial charge in [-0.2, -0.15) is 0 Å². The Hall–Kier alpha value is -1.17. The fourth-order valence-electron chi connectivity index (χ4n) is 2.14. The Bertz CT molecular complexity index is 482. The predicted molar refractivity (Wildman–Crippen MR) is 72.2 cm³/mol. The molecule has 0 aromatic heterocycles. The van der Waals surface area contributed by atoms with Crippen molar-refractivity contribution in [2.45, 2.75) is 19.4 Å². The molecule has 1 aliphatic rings. The minimum atomic E-state index is -0.454. The zero-order valence-electron chi connectivity index (χ0n) is 10.4. The van der Waals surface area contributed by atoms with E-state index in [0.29, 0.717) is 31.5 Å². The molecule has 1 aromatic carbocycles. The molecule has 6 heteroatoms. The number of benzene rings is 1. The molecule has 1 aliphatic heterocycles. The topological polar surface area (TPSA) is 32.3 Å². The van der Waals surface area contributed by atoms with E-state index in [1.54, 1.807) is 11.0 Å². The first kappa shape index (κ1) is 14.2. The zero-order valence-corrected chi connectivity index (χ0v) is 12.0. The van der Waals surface area contributed by atoms with E-state index < -0.39 is 6.67 Å². The second-order valence-electron chi connectivity index (χ2n) is 4.43. The molecule has 19 heavy (non-hydrogen) atoms. The van der Waals surface area contributed by atoms with Crippen LogP contribution in [0.15, 0.2) is 16.6 Å². The van der Waals surface area contributed by atoms with E-state index in [9.17, 15) is 13.6 Å². The molecule has 2 rings (SSSR count). The quantitative estimate of drug-likeness (QED) is 0.848. The van der Waals surface area contributed by atoms with Gasteiger partial charge in [0, 0.05) is 23.1 Å². The number of rotatable bonds is 3. The molecule has 1 heterocycles. The maximum Gasteiger partial charge on any atom is 0.317 e. The molecule has 0 aliphatic carbocycles. The molecule has 1 aromatic rings. The van der Waals surface area contributed by atoms with E-state index in [-0.39, 0.29) is 18.4 Å². The maximum absolute atomic E-state index is 13.8. The van der Waals surface area contributed by atoms with E-state index in [1.165, 1.54) is 6.07 Å². The highest BCUT2D eigenvalue weighted by Crippen LogP contribution is 2.28. The Labute approximate surface area is 119 Å². The molecule has 0 saturated carbocycles. The van der Waals surface area contributed by atoms with Gasteiger partial charge in [-0.1, -0.05) is 15.9 Å². The summed E-state index contributed by atoms with van der Waals surface area (Å²) >= 11 is 3.40. The van der Waals surface area contributed by atoms with Crippen molar-refractivity contribution >= 4 is 22.0 Å². The number of halogens is 3. The number of hydrogen-bond acceptors (Lipinski definition) is 1. The Morgan fingerprint density at radius 1 is 1.42 bits per heavy atom. The largest absolute Gasteiger partial charge is 0.338 e. The van der Waals surface area contributed by atoms with Crippen LogP contribution in [0.2, 0.25) is 0 Å². The fourth-order valence-corrected chi connectivity index (χ4v) is 2.71. The first-order valence-corrected chi connectivity index (χ1v) is 6.97. The summed E-state index contributed by atoms with van der Waals surface area (Å²) in [6, 6.07) is 2.82. The smallest absolute Gasteiger partial charge is 0.317 e. The van der Waals surface area contributed by atoms with Crippen molar-refractivity contribution in [3.63, 3.8) is 0 Å². The van der Waals surface area contributed by atoms with Crippen LogP contribution in [0, 0.1) is 5.82 Å². The van der Waals surface area contributed by atoms with Gasteiger partial charge in [-0.15, -0.1) is 0 Å². The van der Waals surface area contributed by atoms with E-state index in [0.717, 1.165) is 10.0 Å². The molecule has 0 radical (unpaired) electrons. The van der Waals surface area contributed by atoms with E-state index in [4.69, 9.17) is 0 Å². The maximum atomic E-state index is 13.8. The van der Waals surface area contributed by atoms with Crippen LogP contribution in [0.3, 0.4) is 0 Å². The van der Waals surface area contributed by atoms with Gasteiger partial charge in [0.2, 0.25) is 0 Å². The average molecular weight is 333 g/mol. The highest BCUT2D eigenvalue weighted by molar-refractivity contribution is 9.10. The van der Waals surface area contributed by atoms with Crippen molar-refractivity contribution in [3.8, 4) is 0 Å². The first-order valence-electron chi connectivity index (χ1n) is 6.18. The Balaban J connectivity index is 2.05. The molecular formula is C13H15BrF2N2O. The van der Waals surface area contributed by atoms with Crippen LogP contribution in [-0.2, 0) is 13.0 Å². The van der Waals surface area contributed by atoms with Crippen molar-refractivity contribution in [1.82, 2.24) is 10.2 Å². The molecule has 104 valence electrons. The number of alkyl halides is 1. The SMILES string of the molecule is O=C(NCCCF)N1CCc2c(Br)ccc(F)c2C1. The number of fused-ring (bicyclic) bond motifs is 1. The number of urea groups is 1. The predicted octanol–water partition coefficient (Wildman–Crippen LogP) is 3.02. The Morgan fingerprint density at radius 2 is 2.21 bits per heavy atom. The first-order chi connectivity index (χ1) is 9.13. The monoisotopic (exact) mass is 332 g/mol. The van der Waals surface area contributed by atoms with Crippen molar-refractivity contribution in [2.24, 2.45) is 0 Å². The summed E-state index contributed by atoms with van der Waals surface area (Å²) in [5, 5.41) is 2.63. The van der Waals surface area contributed by atoms with Crippen molar-refractivity contribution in [3.05, 3.63) is 33.5 Å². The summed E-state index contributed by atoms with van der Waals surface area (Å²) in [6.45, 7) is 0.642. The molecule has 0 fully saturated rings. The lowest BCUT2D eigenvalue weighted by molar-refractivity contribution is 0.191. The van der Waals surface area contributed by atoms with Crippen LogP contribution in [-0.4, -0.2) is 30.7 Å². The highest BCUT2D eigenvalue weighted by atomic mass is 79.9. The van der Waals surface area contributed by atoms with Crippen LogP contribution in [0.25, 0.3) is 0 Å². The molecular weight excluding hydrogens is 318 g/mol. The number of carbonyl (C=O) groups excluding carboxylic acids is 1. The molecule has 0 saturated heterocycles. The van der Waals surface area contributed by atoms with Crippen LogP contribution < -0.4 is 5.32 Å². The third kappa shape index (κ3) is 3.23. The highest BCUT2D eigenvalue weighted by Gasteiger charge is 2.24. The second kappa shape index (κ2) is 6.32. The van der Waals surface area contributed by atoms with Crippen molar-refractivity contribution < 1.29 is 13.6 Å². The number of carbonyl (C=O) groups is 1. The number of nitrogens with zero attached hydrogens (tertiary/aromatic N) is 1. The lowest BCUT2D eigenvalue weighted by atomic mass is 9.99. The normalized spacial score (nSPS) is 14.2. The van der Waals surface area contributed by atoms with Gasteiger partial charge < -0.3 is 10.2 Å². The molecule has 0 atom stereocenters. The van der Waals surface area contributed by atoms with Gasteiger partial charge in [-0.25, -0.2) is 9.18 Å². The minimum Gasteiger partial charge on any atom is -0.338 e. The van der Waals surface area contributed by atoms with Gasteiger partial charge in [-0.3, -0.25) is 4.39 Å². The molecule has 0 unspecified atom stereocenters. The molecule has 0 bridgehead atoms. The van der Waals surface area contributed by atoms with Gasteiger partial charge in [0.1, 0.15) is 5.82 Å². The second-order valence-corrected chi connectivity index (χ2v) is 5.29. The van der Waals surface area contributed by atoms with E-state index in [1.807, 2.05) is 0 Å². The minimum absolute atomic E-state index is 0.252. The zero-order chi connectivity index (χ0) is 13.8.